The van der Waals surface area contributed by atoms with Gasteiger partial charge in [0, 0.05) is 24.5 Å². The highest BCUT2D eigenvalue weighted by atomic mass is 14.9. The molecule has 92 valence electrons. The molecule has 17 heavy (non-hydrogen) atoms. The Balaban J connectivity index is 0.000000686. The van der Waals surface area contributed by atoms with E-state index in [-0.39, 0.29) is 0 Å². The molecule has 1 nitrogen and oxygen atoms in total. The lowest BCUT2D eigenvalue weighted by Crippen LogP contribution is -1.94. The van der Waals surface area contributed by atoms with E-state index >= 15 is 0 Å². The van der Waals surface area contributed by atoms with Crippen LogP contribution in [-0.2, 0) is 13.5 Å². The van der Waals surface area contributed by atoms with Gasteiger partial charge in [0.1, 0.15) is 0 Å². The molecule has 0 radical (unpaired) electrons. The molecule has 0 amide bonds. The van der Waals surface area contributed by atoms with E-state index in [1.807, 2.05) is 13.8 Å². The zero-order chi connectivity index (χ0) is 12.8. The summed E-state index contributed by atoms with van der Waals surface area (Å²) in [6, 6.07) is 11.0. The van der Waals surface area contributed by atoms with Gasteiger partial charge in [0.15, 0.2) is 0 Å². The topological polar surface area (TPSA) is 4.93 Å². The first kappa shape index (κ1) is 13.6. The van der Waals surface area contributed by atoms with Gasteiger partial charge in [-0.1, -0.05) is 38.5 Å². The monoisotopic (exact) mass is 229 g/mol. The highest BCUT2D eigenvalue weighted by Crippen LogP contribution is 2.25. The largest absolute Gasteiger partial charge is 0.351 e. The summed E-state index contributed by atoms with van der Waals surface area (Å²) < 4.78 is 2.17. The predicted octanol–water partition coefficient (Wildman–Crippen LogP) is 4.59. The molecular formula is C16H23N. The van der Waals surface area contributed by atoms with Gasteiger partial charge in [0.2, 0.25) is 0 Å². The molecule has 1 heteroatoms. The molecule has 0 N–H and O–H groups in total. The third-order valence-corrected chi connectivity index (χ3v) is 2.87. The minimum absolute atomic E-state index is 1.08. The minimum Gasteiger partial charge on any atom is -0.351 e. The molecule has 1 aromatic carbocycles. The Kier molecular flexibility index (Phi) is 5.02. The van der Waals surface area contributed by atoms with E-state index in [2.05, 4.69) is 62.0 Å². The van der Waals surface area contributed by atoms with E-state index in [9.17, 15) is 0 Å². The van der Waals surface area contributed by atoms with Crippen molar-refractivity contribution in [3.8, 4) is 11.3 Å². The summed E-state index contributed by atoms with van der Waals surface area (Å²) in [4.78, 5) is 0. The van der Waals surface area contributed by atoms with Crippen molar-refractivity contribution < 1.29 is 0 Å². The molecule has 2 rings (SSSR count). The van der Waals surface area contributed by atoms with Crippen molar-refractivity contribution in [2.24, 2.45) is 7.05 Å². The van der Waals surface area contributed by atoms with Crippen LogP contribution < -0.4 is 0 Å². The molecule has 2 aromatic rings. The highest BCUT2D eigenvalue weighted by molar-refractivity contribution is 5.65. The smallest absolute Gasteiger partial charge is 0.0480 e. The van der Waals surface area contributed by atoms with Crippen LogP contribution in [0, 0.1) is 6.92 Å². The number of rotatable bonds is 2. The maximum Gasteiger partial charge on any atom is 0.0480 e. The average Bonchev–Trinajstić information content (AvgIpc) is 2.78. The van der Waals surface area contributed by atoms with Crippen molar-refractivity contribution in [3.05, 3.63) is 47.7 Å². The molecule has 0 bridgehead atoms. The fraction of sp³-hybridized carbons (Fsp3) is 0.375. The molecule has 0 saturated carbocycles. The quantitative estimate of drug-likeness (QED) is 0.710. The van der Waals surface area contributed by atoms with Crippen molar-refractivity contribution in [1.29, 1.82) is 0 Å². The maximum atomic E-state index is 2.27. The second-order valence-electron chi connectivity index (χ2n) is 4.02. The summed E-state index contributed by atoms with van der Waals surface area (Å²) in [6.07, 6.45) is 3.18. The SMILES string of the molecule is CC.CCc1ccc(C)cc1-c1cccn1C. The molecular weight excluding hydrogens is 206 g/mol. The van der Waals surface area contributed by atoms with Crippen molar-refractivity contribution in [3.63, 3.8) is 0 Å². The van der Waals surface area contributed by atoms with Crippen molar-refractivity contribution in [2.45, 2.75) is 34.1 Å². The van der Waals surface area contributed by atoms with E-state index < -0.39 is 0 Å². The van der Waals surface area contributed by atoms with Gasteiger partial charge in [-0.3, -0.25) is 0 Å². The highest BCUT2D eigenvalue weighted by Gasteiger charge is 2.06. The first-order chi connectivity index (χ1) is 8.22. The Bertz CT molecular complexity index is 466. The Hall–Kier alpha value is -1.50. The van der Waals surface area contributed by atoms with Gasteiger partial charge in [-0.05, 0) is 37.1 Å². The van der Waals surface area contributed by atoms with Crippen LogP contribution in [0.25, 0.3) is 11.3 Å². The summed E-state index contributed by atoms with van der Waals surface area (Å²) in [5, 5.41) is 0. The number of aromatic nitrogens is 1. The van der Waals surface area contributed by atoms with E-state index in [0.29, 0.717) is 0 Å². The molecule has 0 saturated heterocycles. The van der Waals surface area contributed by atoms with Gasteiger partial charge in [0.25, 0.3) is 0 Å². The number of hydrogen-bond acceptors (Lipinski definition) is 0. The van der Waals surface area contributed by atoms with E-state index in [4.69, 9.17) is 0 Å². The van der Waals surface area contributed by atoms with Crippen LogP contribution in [0.15, 0.2) is 36.5 Å². The fourth-order valence-electron chi connectivity index (χ4n) is 1.98. The molecule has 1 aromatic heterocycles. The standard InChI is InChI=1S/C14H17N.C2H6/c1-4-12-8-7-11(2)10-13(12)14-6-5-9-15(14)3;1-2/h5-10H,4H2,1-3H3;1-2H3. The summed E-state index contributed by atoms with van der Waals surface area (Å²) in [6.45, 7) is 8.35. The zero-order valence-corrected chi connectivity index (χ0v) is 11.6. The molecule has 0 fully saturated rings. The van der Waals surface area contributed by atoms with Crippen molar-refractivity contribution in [1.82, 2.24) is 4.57 Å². The Labute approximate surface area is 105 Å². The van der Waals surface area contributed by atoms with Crippen molar-refractivity contribution in [2.75, 3.05) is 0 Å². The second kappa shape index (κ2) is 6.29. The normalized spacial score (nSPS) is 9.71. The molecule has 0 spiro atoms. The first-order valence-corrected chi connectivity index (χ1v) is 6.43. The van der Waals surface area contributed by atoms with Gasteiger partial charge in [0.05, 0.1) is 0 Å². The van der Waals surface area contributed by atoms with Crippen molar-refractivity contribution >= 4 is 0 Å². The molecule has 0 aliphatic carbocycles. The van der Waals surface area contributed by atoms with Crippen LogP contribution in [-0.4, -0.2) is 4.57 Å². The van der Waals surface area contributed by atoms with Crippen LogP contribution in [0.5, 0.6) is 0 Å². The lowest BCUT2D eigenvalue weighted by atomic mass is 10.00. The molecule has 0 aliphatic rings. The van der Waals surface area contributed by atoms with Crippen LogP contribution in [0.4, 0.5) is 0 Å². The van der Waals surface area contributed by atoms with E-state index in [1.54, 1.807) is 0 Å². The number of nitrogens with zero attached hydrogens (tertiary/aromatic N) is 1. The minimum atomic E-state index is 1.08. The first-order valence-electron chi connectivity index (χ1n) is 6.43. The summed E-state index contributed by atoms with van der Waals surface area (Å²) in [7, 11) is 2.09. The second-order valence-corrected chi connectivity index (χ2v) is 4.02. The van der Waals surface area contributed by atoms with Gasteiger partial charge in [-0.15, -0.1) is 0 Å². The fourth-order valence-corrected chi connectivity index (χ4v) is 1.98. The van der Waals surface area contributed by atoms with Gasteiger partial charge in [-0.25, -0.2) is 0 Å². The van der Waals surface area contributed by atoms with Gasteiger partial charge < -0.3 is 4.57 Å². The van der Waals surface area contributed by atoms with E-state index in [0.717, 1.165) is 6.42 Å². The lowest BCUT2D eigenvalue weighted by Gasteiger charge is -2.10. The zero-order valence-electron chi connectivity index (χ0n) is 11.6. The molecule has 0 aliphatic heterocycles. The Morgan fingerprint density at radius 3 is 2.35 bits per heavy atom. The summed E-state index contributed by atoms with van der Waals surface area (Å²) in [5.41, 5.74) is 5.41. The van der Waals surface area contributed by atoms with Gasteiger partial charge >= 0.3 is 0 Å². The molecule has 1 heterocycles. The molecule has 0 unspecified atom stereocenters. The number of benzene rings is 1. The number of hydrogen-bond donors (Lipinski definition) is 0. The number of aryl methyl sites for hydroxylation is 3. The summed E-state index contributed by atoms with van der Waals surface area (Å²) >= 11 is 0. The molecule has 0 atom stereocenters. The van der Waals surface area contributed by atoms with Crippen LogP contribution in [0.1, 0.15) is 31.9 Å². The summed E-state index contributed by atoms with van der Waals surface area (Å²) in [5.74, 6) is 0. The van der Waals surface area contributed by atoms with Crippen LogP contribution >= 0.6 is 0 Å². The third-order valence-electron chi connectivity index (χ3n) is 2.87. The maximum absolute atomic E-state index is 2.27. The van der Waals surface area contributed by atoms with Gasteiger partial charge in [-0.2, -0.15) is 0 Å². The predicted molar refractivity (Wildman–Crippen MR) is 76.3 cm³/mol. The Morgan fingerprint density at radius 2 is 1.82 bits per heavy atom. The Morgan fingerprint density at radius 1 is 1.12 bits per heavy atom. The third kappa shape index (κ3) is 3.00. The average molecular weight is 229 g/mol. The van der Waals surface area contributed by atoms with Crippen LogP contribution in [0.3, 0.4) is 0 Å². The van der Waals surface area contributed by atoms with E-state index in [1.165, 1.54) is 22.4 Å². The van der Waals surface area contributed by atoms with Crippen LogP contribution in [0.2, 0.25) is 0 Å². The lowest BCUT2D eigenvalue weighted by molar-refractivity contribution is 0.933.